The van der Waals surface area contributed by atoms with Gasteiger partial charge in [0, 0.05) is 5.39 Å². The molecule has 1 heterocycles. The second-order valence-electron chi connectivity index (χ2n) is 3.38. The molecule has 2 rings (SSSR count). The summed E-state index contributed by atoms with van der Waals surface area (Å²) >= 11 is 0. The van der Waals surface area contributed by atoms with Gasteiger partial charge in [-0.15, -0.1) is 0 Å². The fraction of sp³-hybridized carbons (Fsp3) is 0.200. The first-order valence-electron chi connectivity index (χ1n) is 4.28. The SMILES string of the molecule is Cc1cc(C)c2n[nH]c(C(=O)O)c2c1. The highest BCUT2D eigenvalue weighted by atomic mass is 16.4. The number of fused-ring (bicyclic) bond motifs is 1. The fourth-order valence-electron chi connectivity index (χ4n) is 1.63. The van der Waals surface area contributed by atoms with Gasteiger partial charge in [-0.25, -0.2) is 4.79 Å². The molecular weight excluding hydrogens is 180 g/mol. The third-order valence-electron chi connectivity index (χ3n) is 2.21. The lowest BCUT2D eigenvalue weighted by Crippen LogP contribution is -1.96. The van der Waals surface area contributed by atoms with Gasteiger partial charge in [0.1, 0.15) is 0 Å². The van der Waals surface area contributed by atoms with E-state index in [1.165, 1.54) is 0 Å². The molecule has 0 aliphatic rings. The number of aromatic nitrogens is 2. The quantitative estimate of drug-likeness (QED) is 0.721. The monoisotopic (exact) mass is 190 g/mol. The minimum absolute atomic E-state index is 0.159. The standard InChI is InChI=1S/C10H10N2O2/c1-5-3-6(2)8-7(4-5)9(10(13)14)12-11-8/h3-4H,1-2H3,(H,11,12)(H,13,14). The van der Waals surface area contributed by atoms with E-state index in [-0.39, 0.29) is 5.69 Å². The number of carboxylic acids is 1. The number of aromatic carboxylic acids is 1. The predicted molar refractivity (Wildman–Crippen MR) is 52.5 cm³/mol. The van der Waals surface area contributed by atoms with Crippen molar-refractivity contribution in [3.63, 3.8) is 0 Å². The highest BCUT2D eigenvalue weighted by Gasteiger charge is 2.13. The molecule has 0 unspecified atom stereocenters. The first-order valence-corrected chi connectivity index (χ1v) is 4.28. The van der Waals surface area contributed by atoms with E-state index in [0.717, 1.165) is 16.6 Å². The van der Waals surface area contributed by atoms with Gasteiger partial charge in [-0.1, -0.05) is 11.6 Å². The van der Waals surface area contributed by atoms with E-state index in [1.54, 1.807) is 0 Å². The number of nitrogens with zero attached hydrogens (tertiary/aromatic N) is 1. The predicted octanol–water partition coefficient (Wildman–Crippen LogP) is 1.88. The van der Waals surface area contributed by atoms with Crippen molar-refractivity contribution in [2.45, 2.75) is 13.8 Å². The number of aromatic amines is 1. The van der Waals surface area contributed by atoms with E-state index < -0.39 is 5.97 Å². The molecule has 2 N–H and O–H groups in total. The van der Waals surface area contributed by atoms with Crippen molar-refractivity contribution >= 4 is 16.9 Å². The largest absolute Gasteiger partial charge is 0.477 e. The third kappa shape index (κ3) is 1.16. The summed E-state index contributed by atoms with van der Waals surface area (Å²) in [7, 11) is 0. The van der Waals surface area contributed by atoms with Crippen LogP contribution < -0.4 is 0 Å². The Balaban J connectivity index is 2.85. The maximum absolute atomic E-state index is 10.8. The lowest BCUT2D eigenvalue weighted by Gasteiger charge is -1.97. The number of carboxylic acid groups (broad SMARTS) is 1. The van der Waals surface area contributed by atoms with Crippen LogP contribution in [0.15, 0.2) is 12.1 Å². The molecule has 0 amide bonds. The van der Waals surface area contributed by atoms with Gasteiger partial charge in [-0.3, -0.25) is 5.10 Å². The molecule has 0 saturated carbocycles. The van der Waals surface area contributed by atoms with Crippen LogP contribution in [-0.4, -0.2) is 21.3 Å². The number of hydrogen-bond acceptors (Lipinski definition) is 2. The van der Waals surface area contributed by atoms with Crippen LogP contribution in [0.2, 0.25) is 0 Å². The van der Waals surface area contributed by atoms with Crippen LogP contribution in [0.3, 0.4) is 0 Å². The van der Waals surface area contributed by atoms with Crippen LogP contribution in [0.5, 0.6) is 0 Å². The van der Waals surface area contributed by atoms with E-state index in [2.05, 4.69) is 10.2 Å². The zero-order valence-corrected chi connectivity index (χ0v) is 7.96. The highest BCUT2D eigenvalue weighted by molar-refractivity contribution is 6.01. The van der Waals surface area contributed by atoms with Gasteiger partial charge in [-0.05, 0) is 25.5 Å². The maximum Gasteiger partial charge on any atom is 0.354 e. The first-order chi connectivity index (χ1) is 6.59. The van der Waals surface area contributed by atoms with Crippen molar-refractivity contribution in [3.8, 4) is 0 Å². The molecule has 4 heteroatoms. The average Bonchev–Trinajstić information content (AvgIpc) is 2.47. The Morgan fingerprint density at radius 2 is 2.14 bits per heavy atom. The molecule has 0 aliphatic carbocycles. The van der Waals surface area contributed by atoms with E-state index >= 15 is 0 Å². The lowest BCUT2D eigenvalue weighted by molar-refractivity contribution is 0.0692. The molecule has 0 bridgehead atoms. The van der Waals surface area contributed by atoms with Crippen LogP contribution in [0, 0.1) is 13.8 Å². The van der Waals surface area contributed by atoms with Crippen molar-refractivity contribution < 1.29 is 9.90 Å². The summed E-state index contributed by atoms with van der Waals surface area (Å²) in [6, 6.07) is 3.81. The number of nitrogens with one attached hydrogen (secondary N) is 1. The average molecular weight is 190 g/mol. The normalized spacial score (nSPS) is 10.7. The number of H-pyrrole nitrogens is 1. The summed E-state index contributed by atoms with van der Waals surface area (Å²) in [5.74, 6) is -0.975. The molecule has 1 aromatic carbocycles. The Morgan fingerprint density at radius 3 is 2.79 bits per heavy atom. The van der Waals surface area contributed by atoms with Crippen molar-refractivity contribution in [1.82, 2.24) is 10.2 Å². The zero-order valence-electron chi connectivity index (χ0n) is 7.96. The smallest absolute Gasteiger partial charge is 0.354 e. The molecule has 0 spiro atoms. The molecule has 0 radical (unpaired) electrons. The molecule has 0 aliphatic heterocycles. The molecule has 14 heavy (non-hydrogen) atoms. The first kappa shape index (κ1) is 8.74. The van der Waals surface area contributed by atoms with Gasteiger partial charge in [-0.2, -0.15) is 5.10 Å². The highest BCUT2D eigenvalue weighted by Crippen LogP contribution is 2.21. The maximum atomic E-state index is 10.8. The molecule has 0 saturated heterocycles. The van der Waals surface area contributed by atoms with Gasteiger partial charge in [0.25, 0.3) is 0 Å². The van der Waals surface area contributed by atoms with Gasteiger partial charge < -0.3 is 5.11 Å². The number of aryl methyl sites for hydroxylation is 2. The van der Waals surface area contributed by atoms with Crippen LogP contribution in [0.1, 0.15) is 21.6 Å². The number of hydrogen-bond donors (Lipinski definition) is 2. The van der Waals surface area contributed by atoms with Gasteiger partial charge in [0.15, 0.2) is 5.69 Å². The molecule has 72 valence electrons. The summed E-state index contributed by atoms with van der Waals surface area (Å²) in [5, 5.41) is 16.1. The van der Waals surface area contributed by atoms with E-state index in [1.807, 2.05) is 26.0 Å². The second kappa shape index (κ2) is 2.83. The Hall–Kier alpha value is -1.84. The van der Waals surface area contributed by atoms with E-state index in [0.29, 0.717) is 5.39 Å². The number of benzene rings is 1. The van der Waals surface area contributed by atoms with Crippen LogP contribution in [0.4, 0.5) is 0 Å². The van der Waals surface area contributed by atoms with E-state index in [9.17, 15) is 4.79 Å². The van der Waals surface area contributed by atoms with Gasteiger partial charge in [0.2, 0.25) is 0 Å². The number of rotatable bonds is 1. The molecule has 1 aromatic heterocycles. The topological polar surface area (TPSA) is 66.0 Å². The van der Waals surface area contributed by atoms with Gasteiger partial charge >= 0.3 is 5.97 Å². The van der Waals surface area contributed by atoms with Crippen molar-refractivity contribution in [2.75, 3.05) is 0 Å². The van der Waals surface area contributed by atoms with Crippen molar-refractivity contribution in [2.24, 2.45) is 0 Å². The minimum Gasteiger partial charge on any atom is -0.477 e. The van der Waals surface area contributed by atoms with Crippen LogP contribution in [-0.2, 0) is 0 Å². The summed E-state index contributed by atoms with van der Waals surface area (Å²) in [4.78, 5) is 10.8. The lowest BCUT2D eigenvalue weighted by atomic mass is 10.1. The molecule has 0 atom stereocenters. The minimum atomic E-state index is -0.975. The summed E-state index contributed by atoms with van der Waals surface area (Å²) in [6.07, 6.45) is 0. The molecular formula is C10H10N2O2. The van der Waals surface area contributed by atoms with Crippen molar-refractivity contribution in [3.05, 3.63) is 29.0 Å². The molecule has 2 aromatic rings. The van der Waals surface area contributed by atoms with Crippen molar-refractivity contribution in [1.29, 1.82) is 0 Å². The number of carbonyl (C=O) groups is 1. The van der Waals surface area contributed by atoms with Gasteiger partial charge in [0.05, 0.1) is 5.52 Å². The molecule has 0 fully saturated rings. The summed E-state index contributed by atoms with van der Waals surface area (Å²) < 4.78 is 0. The Kier molecular flexibility index (Phi) is 1.77. The zero-order chi connectivity index (χ0) is 10.3. The second-order valence-corrected chi connectivity index (χ2v) is 3.38. The van der Waals surface area contributed by atoms with Crippen LogP contribution in [0.25, 0.3) is 10.9 Å². The fourth-order valence-corrected chi connectivity index (χ4v) is 1.63. The Labute approximate surface area is 80.6 Å². The Morgan fingerprint density at radius 1 is 1.43 bits per heavy atom. The summed E-state index contributed by atoms with van der Waals surface area (Å²) in [6.45, 7) is 3.85. The Bertz CT molecular complexity index is 514. The van der Waals surface area contributed by atoms with E-state index in [4.69, 9.17) is 5.11 Å². The summed E-state index contributed by atoms with van der Waals surface area (Å²) in [5.41, 5.74) is 2.92. The molecule has 4 nitrogen and oxygen atoms in total. The van der Waals surface area contributed by atoms with Crippen LogP contribution >= 0.6 is 0 Å². The third-order valence-corrected chi connectivity index (χ3v) is 2.21.